The number of rotatable bonds is 4. The molecular formula is C16H26N2O5. The van der Waals surface area contributed by atoms with Crippen molar-refractivity contribution in [2.45, 2.75) is 69.9 Å². The van der Waals surface area contributed by atoms with Crippen molar-refractivity contribution in [1.82, 2.24) is 10.6 Å². The molecule has 0 spiro atoms. The average molecular weight is 326 g/mol. The molecule has 0 aromatic carbocycles. The van der Waals surface area contributed by atoms with Gasteiger partial charge < -0.3 is 24.8 Å². The molecule has 2 N–H and O–H groups in total. The van der Waals surface area contributed by atoms with Gasteiger partial charge in [0.1, 0.15) is 12.1 Å². The molecule has 7 nitrogen and oxygen atoms in total. The second-order valence-electron chi connectivity index (χ2n) is 6.65. The third-order valence-corrected chi connectivity index (χ3v) is 5.00. The van der Waals surface area contributed by atoms with Crippen LogP contribution in [0.15, 0.2) is 0 Å². The monoisotopic (exact) mass is 326 g/mol. The molecule has 2 saturated heterocycles. The Kier molecular flexibility index (Phi) is 5.38. The number of hydrogen-bond donors (Lipinski definition) is 2. The topological polar surface area (TPSA) is 85.9 Å². The summed E-state index contributed by atoms with van der Waals surface area (Å²) in [6.45, 7) is 3.24. The maximum atomic E-state index is 12.2. The van der Waals surface area contributed by atoms with Gasteiger partial charge in [-0.05, 0) is 38.6 Å². The number of nitrogens with one attached hydrogen (secondary N) is 2. The zero-order valence-corrected chi connectivity index (χ0v) is 13.6. The lowest BCUT2D eigenvalue weighted by atomic mass is 9.97. The van der Waals surface area contributed by atoms with Crippen LogP contribution in [0.2, 0.25) is 0 Å². The standard InChI is InChI=1S/C16H26N2O5/c1-10(22-16(20)23-11-5-3-2-4-6-11)21-15(19)14-12-7-8-17-13(12)9-18-14/h10-14,17-18H,2-9H2,1H3/t10?,12-,13-,14+/m0/s1. The van der Waals surface area contributed by atoms with Gasteiger partial charge in [0.15, 0.2) is 0 Å². The average Bonchev–Trinajstić information content (AvgIpc) is 3.10. The van der Waals surface area contributed by atoms with Crippen LogP contribution in [0.5, 0.6) is 0 Å². The highest BCUT2D eigenvalue weighted by atomic mass is 16.8. The van der Waals surface area contributed by atoms with E-state index < -0.39 is 12.4 Å². The van der Waals surface area contributed by atoms with E-state index in [0.29, 0.717) is 6.04 Å². The van der Waals surface area contributed by atoms with Gasteiger partial charge in [0.2, 0.25) is 6.29 Å². The zero-order valence-electron chi connectivity index (χ0n) is 13.6. The van der Waals surface area contributed by atoms with Crippen LogP contribution in [0.1, 0.15) is 45.4 Å². The number of hydrogen-bond acceptors (Lipinski definition) is 7. The van der Waals surface area contributed by atoms with E-state index >= 15 is 0 Å². The first-order chi connectivity index (χ1) is 11.1. The fraction of sp³-hybridized carbons (Fsp3) is 0.875. The molecule has 23 heavy (non-hydrogen) atoms. The molecule has 3 fully saturated rings. The molecule has 0 aromatic rings. The van der Waals surface area contributed by atoms with Gasteiger partial charge in [-0.2, -0.15) is 0 Å². The number of ether oxygens (including phenoxy) is 3. The van der Waals surface area contributed by atoms with Gasteiger partial charge in [-0.25, -0.2) is 4.79 Å². The van der Waals surface area contributed by atoms with Crippen molar-refractivity contribution in [3.63, 3.8) is 0 Å². The van der Waals surface area contributed by atoms with Crippen molar-refractivity contribution in [2.24, 2.45) is 5.92 Å². The summed E-state index contributed by atoms with van der Waals surface area (Å²) in [6, 6.07) is 0.00968. The van der Waals surface area contributed by atoms with Crippen LogP contribution in [0.3, 0.4) is 0 Å². The van der Waals surface area contributed by atoms with E-state index in [2.05, 4.69) is 10.6 Å². The first kappa shape index (κ1) is 16.5. The lowest BCUT2D eigenvalue weighted by molar-refractivity contribution is -0.172. The molecule has 3 aliphatic rings. The second kappa shape index (κ2) is 7.49. The first-order valence-corrected chi connectivity index (χ1v) is 8.68. The summed E-state index contributed by atoms with van der Waals surface area (Å²) in [5, 5.41) is 6.53. The van der Waals surface area contributed by atoms with Crippen LogP contribution in [0.4, 0.5) is 4.79 Å². The van der Waals surface area contributed by atoms with Crippen molar-refractivity contribution in [2.75, 3.05) is 13.1 Å². The molecule has 7 heteroatoms. The van der Waals surface area contributed by atoms with Crippen molar-refractivity contribution < 1.29 is 23.8 Å². The Morgan fingerprint density at radius 1 is 1.04 bits per heavy atom. The van der Waals surface area contributed by atoms with Crippen molar-refractivity contribution in [1.29, 1.82) is 0 Å². The summed E-state index contributed by atoms with van der Waals surface area (Å²) in [5.74, 6) is -0.108. The van der Waals surface area contributed by atoms with Crippen molar-refractivity contribution in [3.8, 4) is 0 Å². The lowest BCUT2D eigenvalue weighted by Gasteiger charge is -2.23. The summed E-state index contributed by atoms with van der Waals surface area (Å²) >= 11 is 0. The molecule has 0 bridgehead atoms. The van der Waals surface area contributed by atoms with Crippen LogP contribution in [0, 0.1) is 5.92 Å². The maximum absolute atomic E-state index is 12.2. The predicted octanol–water partition coefficient (Wildman–Crippen LogP) is 1.31. The van der Waals surface area contributed by atoms with E-state index in [0.717, 1.165) is 45.2 Å². The first-order valence-electron chi connectivity index (χ1n) is 8.68. The van der Waals surface area contributed by atoms with Gasteiger partial charge in [0, 0.05) is 25.4 Å². The molecule has 0 amide bonds. The summed E-state index contributed by atoms with van der Waals surface area (Å²) in [4.78, 5) is 24.0. The van der Waals surface area contributed by atoms with E-state index in [-0.39, 0.29) is 24.0 Å². The summed E-state index contributed by atoms with van der Waals surface area (Å²) in [5.41, 5.74) is 0. The van der Waals surface area contributed by atoms with Gasteiger partial charge >= 0.3 is 12.1 Å². The van der Waals surface area contributed by atoms with Gasteiger partial charge in [-0.3, -0.25) is 4.79 Å². The summed E-state index contributed by atoms with van der Waals surface area (Å²) < 4.78 is 15.6. The second-order valence-corrected chi connectivity index (χ2v) is 6.65. The normalized spacial score (nSPS) is 32.1. The van der Waals surface area contributed by atoms with Crippen molar-refractivity contribution in [3.05, 3.63) is 0 Å². The third kappa shape index (κ3) is 4.14. The minimum absolute atomic E-state index is 0.0685. The van der Waals surface area contributed by atoms with E-state index in [9.17, 15) is 9.59 Å². The molecule has 1 aliphatic carbocycles. The van der Waals surface area contributed by atoms with Gasteiger partial charge in [0.05, 0.1) is 0 Å². The molecule has 130 valence electrons. The van der Waals surface area contributed by atoms with Crippen LogP contribution < -0.4 is 10.6 Å². The SMILES string of the molecule is CC(OC(=O)OC1CCCCC1)OC(=O)[C@@H]1NC[C@@H]2NCC[C@@H]21. The Hall–Kier alpha value is -1.34. The van der Waals surface area contributed by atoms with Crippen LogP contribution >= 0.6 is 0 Å². The minimum Gasteiger partial charge on any atom is -0.431 e. The van der Waals surface area contributed by atoms with Gasteiger partial charge in [-0.1, -0.05) is 6.42 Å². The van der Waals surface area contributed by atoms with E-state index in [4.69, 9.17) is 14.2 Å². The quantitative estimate of drug-likeness (QED) is 0.595. The number of fused-ring (bicyclic) bond motifs is 1. The third-order valence-electron chi connectivity index (χ3n) is 5.00. The largest absolute Gasteiger partial charge is 0.511 e. The van der Waals surface area contributed by atoms with E-state index in [1.807, 2.05) is 0 Å². The number of esters is 1. The highest BCUT2D eigenvalue weighted by Crippen LogP contribution is 2.26. The zero-order chi connectivity index (χ0) is 16.2. The minimum atomic E-state index is -0.936. The summed E-state index contributed by atoms with van der Waals surface area (Å²) in [7, 11) is 0. The summed E-state index contributed by atoms with van der Waals surface area (Å²) in [6.07, 6.45) is 4.30. The van der Waals surface area contributed by atoms with E-state index in [1.165, 1.54) is 6.42 Å². The fourth-order valence-electron chi connectivity index (χ4n) is 3.82. The molecule has 2 heterocycles. The molecule has 1 saturated carbocycles. The fourth-order valence-corrected chi connectivity index (χ4v) is 3.82. The molecule has 3 rings (SSSR count). The lowest BCUT2D eigenvalue weighted by Crippen LogP contribution is -2.39. The van der Waals surface area contributed by atoms with Crippen LogP contribution in [-0.2, 0) is 19.0 Å². The molecule has 1 unspecified atom stereocenters. The smallest absolute Gasteiger partial charge is 0.431 e. The highest BCUT2D eigenvalue weighted by molar-refractivity contribution is 5.77. The Morgan fingerprint density at radius 3 is 2.61 bits per heavy atom. The highest BCUT2D eigenvalue weighted by Gasteiger charge is 2.43. The number of carbonyl (C=O) groups is 2. The van der Waals surface area contributed by atoms with Gasteiger partial charge in [0.25, 0.3) is 0 Å². The van der Waals surface area contributed by atoms with Crippen molar-refractivity contribution >= 4 is 12.1 Å². The maximum Gasteiger partial charge on any atom is 0.511 e. The molecular weight excluding hydrogens is 300 g/mol. The van der Waals surface area contributed by atoms with Gasteiger partial charge in [-0.15, -0.1) is 0 Å². The Labute approximate surface area is 136 Å². The molecule has 0 aromatic heterocycles. The molecule has 4 atom stereocenters. The Balaban J connectivity index is 1.40. The van der Waals surface area contributed by atoms with Crippen LogP contribution in [-0.4, -0.2) is 49.7 Å². The Morgan fingerprint density at radius 2 is 1.83 bits per heavy atom. The predicted molar refractivity (Wildman–Crippen MR) is 81.7 cm³/mol. The Bertz CT molecular complexity index is 438. The van der Waals surface area contributed by atoms with E-state index in [1.54, 1.807) is 6.92 Å². The number of carbonyl (C=O) groups excluding carboxylic acids is 2. The molecule has 0 radical (unpaired) electrons. The van der Waals surface area contributed by atoms with Crippen LogP contribution in [0.25, 0.3) is 0 Å². The molecule has 2 aliphatic heterocycles.